The first-order chi connectivity index (χ1) is 9.22. The lowest BCUT2D eigenvalue weighted by Crippen LogP contribution is -1.99. The van der Waals surface area contributed by atoms with Gasteiger partial charge in [-0.05, 0) is 43.2 Å². The third-order valence-corrected chi connectivity index (χ3v) is 2.99. The molecule has 0 aliphatic heterocycles. The van der Waals surface area contributed by atoms with E-state index in [-0.39, 0.29) is 0 Å². The van der Waals surface area contributed by atoms with E-state index in [2.05, 4.69) is 10.1 Å². The van der Waals surface area contributed by atoms with Crippen LogP contribution in [-0.4, -0.2) is 14.6 Å². The molecular formula is C15H15N3O. The number of aromatic nitrogens is 3. The maximum Gasteiger partial charge on any atom is 0.189 e. The van der Waals surface area contributed by atoms with Gasteiger partial charge in [0.15, 0.2) is 11.5 Å². The third-order valence-electron chi connectivity index (χ3n) is 2.99. The molecule has 0 saturated heterocycles. The van der Waals surface area contributed by atoms with Crippen LogP contribution >= 0.6 is 0 Å². The lowest BCUT2D eigenvalue weighted by molar-refractivity contribution is 0.294. The molecule has 19 heavy (non-hydrogen) atoms. The highest BCUT2D eigenvalue weighted by Crippen LogP contribution is 2.17. The van der Waals surface area contributed by atoms with Crippen molar-refractivity contribution in [3.8, 4) is 5.75 Å². The first kappa shape index (κ1) is 11.7. The minimum atomic E-state index is 0.381. The number of aryl methyl sites for hydroxylation is 2. The maximum atomic E-state index is 5.74. The predicted octanol–water partition coefficient (Wildman–Crippen LogP) is 2.93. The van der Waals surface area contributed by atoms with Crippen LogP contribution in [0.25, 0.3) is 5.65 Å². The highest BCUT2D eigenvalue weighted by atomic mass is 16.5. The summed E-state index contributed by atoms with van der Waals surface area (Å²) >= 11 is 0. The Bertz CT molecular complexity index is 718. The number of hydrogen-bond acceptors (Lipinski definition) is 3. The Morgan fingerprint density at radius 2 is 2.00 bits per heavy atom. The Morgan fingerprint density at radius 3 is 2.84 bits per heavy atom. The molecule has 1 aromatic carbocycles. The minimum absolute atomic E-state index is 0.381. The minimum Gasteiger partial charge on any atom is -0.485 e. The SMILES string of the molecule is Cc1ccn2nc(COc3ccccc3C)nc2c1. The van der Waals surface area contributed by atoms with Crippen LogP contribution in [0.4, 0.5) is 0 Å². The van der Waals surface area contributed by atoms with Gasteiger partial charge in [0.25, 0.3) is 0 Å². The van der Waals surface area contributed by atoms with E-state index in [1.54, 1.807) is 4.52 Å². The standard InChI is InChI=1S/C15H15N3O/c1-11-7-8-18-15(9-11)16-14(17-18)10-19-13-6-4-3-5-12(13)2/h3-9H,10H2,1-2H3. The van der Waals surface area contributed by atoms with Gasteiger partial charge < -0.3 is 4.74 Å². The second-order valence-corrected chi connectivity index (χ2v) is 4.59. The van der Waals surface area contributed by atoms with Crippen molar-refractivity contribution in [1.82, 2.24) is 14.6 Å². The van der Waals surface area contributed by atoms with E-state index in [1.165, 1.54) is 5.56 Å². The molecule has 0 atom stereocenters. The van der Waals surface area contributed by atoms with Crippen LogP contribution < -0.4 is 4.74 Å². The quantitative estimate of drug-likeness (QED) is 0.720. The number of nitrogens with zero attached hydrogens (tertiary/aromatic N) is 3. The zero-order valence-electron chi connectivity index (χ0n) is 11.0. The van der Waals surface area contributed by atoms with Gasteiger partial charge in [-0.25, -0.2) is 9.50 Å². The third kappa shape index (κ3) is 2.42. The molecule has 0 aliphatic carbocycles. The molecule has 4 heteroatoms. The summed E-state index contributed by atoms with van der Waals surface area (Å²) < 4.78 is 7.51. The first-order valence-corrected chi connectivity index (χ1v) is 6.23. The summed E-state index contributed by atoms with van der Waals surface area (Å²) in [7, 11) is 0. The number of benzene rings is 1. The van der Waals surface area contributed by atoms with Crippen LogP contribution in [0.1, 0.15) is 17.0 Å². The smallest absolute Gasteiger partial charge is 0.189 e. The summed E-state index contributed by atoms with van der Waals surface area (Å²) in [5, 5.41) is 4.38. The van der Waals surface area contributed by atoms with Crippen molar-refractivity contribution in [2.75, 3.05) is 0 Å². The Morgan fingerprint density at radius 1 is 1.16 bits per heavy atom. The highest BCUT2D eigenvalue weighted by Gasteiger charge is 2.05. The van der Waals surface area contributed by atoms with Crippen molar-refractivity contribution in [3.05, 3.63) is 59.5 Å². The molecule has 0 unspecified atom stereocenters. The van der Waals surface area contributed by atoms with Crippen molar-refractivity contribution in [3.63, 3.8) is 0 Å². The number of ether oxygens (including phenoxy) is 1. The average molecular weight is 253 g/mol. The van der Waals surface area contributed by atoms with Crippen LogP contribution in [0.5, 0.6) is 5.75 Å². The first-order valence-electron chi connectivity index (χ1n) is 6.23. The van der Waals surface area contributed by atoms with E-state index in [4.69, 9.17) is 4.74 Å². The molecule has 0 N–H and O–H groups in total. The summed E-state index contributed by atoms with van der Waals surface area (Å²) in [5.41, 5.74) is 3.14. The van der Waals surface area contributed by atoms with Crippen molar-refractivity contribution in [2.24, 2.45) is 0 Å². The van der Waals surface area contributed by atoms with E-state index in [1.807, 2.05) is 56.4 Å². The Hall–Kier alpha value is -2.36. The predicted molar refractivity (Wildman–Crippen MR) is 73.2 cm³/mol. The monoisotopic (exact) mass is 253 g/mol. The van der Waals surface area contributed by atoms with Gasteiger partial charge in [0.2, 0.25) is 0 Å². The van der Waals surface area contributed by atoms with Crippen LogP contribution in [0, 0.1) is 13.8 Å². The zero-order valence-corrected chi connectivity index (χ0v) is 11.0. The van der Waals surface area contributed by atoms with Gasteiger partial charge in [0.1, 0.15) is 12.4 Å². The molecule has 0 bridgehead atoms. The average Bonchev–Trinajstić information content (AvgIpc) is 2.79. The van der Waals surface area contributed by atoms with Crippen LogP contribution in [0.15, 0.2) is 42.6 Å². The van der Waals surface area contributed by atoms with E-state index in [0.29, 0.717) is 12.4 Å². The van der Waals surface area contributed by atoms with Crippen molar-refractivity contribution < 1.29 is 4.74 Å². The molecular weight excluding hydrogens is 238 g/mol. The van der Waals surface area contributed by atoms with E-state index >= 15 is 0 Å². The Balaban J connectivity index is 1.80. The normalized spacial score (nSPS) is 10.8. The maximum absolute atomic E-state index is 5.74. The molecule has 0 amide bonds. The van der Waals surface area contributed by atoms with E-state index in [9.17, 15) is 0 Å². The summed E-state index contributed by atoms with van der Waals surface area (Å²) in [4.78, 5) is 4.45. The summed E-state index contributed by atoms with van der Waals surface area (Å²) in [6, 6.07) is 11.9. The summed E-state index contributed by atoms with van der Waals surface area (Å²) in [6.45, 7) is 4.44. The van der Waals surface area contributed by atoms with E-state index in [0.717, 1.165) is 17.0 Å². The number of hydrogen-bond donors (Lipinski definition) is 0. The van der Waals surface area contributed by atoms with Crippen LogP contribution in [0.3, 0.4) is 0 Å². The molecule has 2 heterocycles. The molecule has 4 nitrogen and oxygen atoms in total. The van der Waals surface area contributed by atoms with Gasteiger partial charge in [-0.3, -0.25) is 0 Å². The molecule has 0 saturated carbocycles. The van der Waals surface area contributed by atoms with Crippen molar-refractivity contribution >= 4 is 5.65 Å². The van der Waals surface area contributed by atoms with Gasteiger partial charge >= 0.3 is 0 Å². The Labute approximate surface area is 111 Å². The largest absolute Gasteiger partial charge is 0.485 e. The molecule has 3 rings (SSSR count). The van der Waals surface area contributed by atoms with Gasteiger partial charge in [-0.2, -0.15) is 0 Å². The lowest BCUT2D eigenvalue weighted by atomic mass is 10.2. The molecule has 0 radical (unpaired) electrons. The van der Waals surface area contributed by atoms with Gasteiger partial charge in [0.05, 0.1) is 0 Å². The zero-order chi connectivity index (χ0) is 13.2. The molecule has 96 valence electrons. The van der Waals surface area contributed by atoms with Gasteiger partial charge in [0, 0.05) is 6.20 Å². The highest BCUT2D eigenvalue weighted by molar-refractivity contribution is 5.40. The molecule has 0 fully saturated rings. The molecule has 0 spiro atoms. The lowest BCUT2D eigenvalue weighted by Gasteiger charge is -2.05. The summed E-state index contributed by atoms with van der Waals surface area (Å²) in [6.07, 6.45) is 1.91. The van der Waals surface area contributed by atoms with Gasteiger partial charge in [-0.1, -0.05) is 18.2 Å². The fraction of sp³-hybridized carbons (Fsp3) is 0.200. The Kier molecular flexibility index (Phi) is 2.91. The van der Waals surface area contributed by atoms with Gasteiger partial charge in [-0.15, -0.1) is 5.10 Å². The fourth-order valence-corrected chi connectivity index (χ4v) is 1.95. The molecule has 2 aromatic heterocycles. The second-order valence-electron chi connectivity index (χ2n) is 4.59. The summed E-state index contributed by atoms with van der Waals surface area (Å²) in [5.74, 6) is 1.56. The molecule has 3 aromatic rings. The number of rotatable bonds is 3. The number of para-hydroxylation sites is 1. The molecule has 0 aliphatic rings. The van der Waals surface area contributed by atoms with Crippen molar-refractivity contribution in [2.45, 2.75) is 20.5 Å². The number of fused-ring (bicyclic) bond motifs is 1. The topological polar surface area (TPSA) is 39.4 Å². The van der Waals surface area contributed by atoms with Crippen molar-refractivity contribution in [1.29, 1.82) is 0 Å². The van der Waals surface area contributed by atoms with E-state index < -0.39 is 0 Å². The van der Waals surface area contributed by atoms with Crippen LogP contribution in [-0.2, 0) is 6.61 Å². The second kappa shape index (κ2) is 4.72. The fourth-order valence-electron chi connectivity index (χ4n) is 1.95. The number of pyridine rings is 1. The van der Waals surface area contributed by atoms with Crippen LogP contribution in [0.2, 0.25) is 0 Å².